The molecule has 0 saturated heterocycles. The van der Waals surface area contributed by atoms with E-state index in [1.807, 2.05) is 13.8 Å². The molecule has 0 aromatic rings. The summed E-state index contributed by atoms with van der Waals surface area (Å²) < 4.78 is 0. The Labute approximate surface area is 82.7 Å². The monoisotopic (exact) mass is 187 g/mol. The molecule has 2 heteroatoms. The van der Waals surface area contributed by atoms with E-state index in [9.17, 15) is 5.11 Å². The summed E-state index contributed by atoms with van der Waals surface area (Å²) in [5.74, 6) is 0.637. The van der Waals surface area contributed by atoms with Crippen LogP contribution in [0, 0.1) is 5.92 Å². The van der Waals surface area contributed by atoms with Crippen LogP contribution in [0.1, 0.15) is 47.5 Å². The van der Waals surface area contributed by atoms with Gasteiger partial charge in [-0.1, -0.05) is 27.7 Å². The van der Waals surface area contributed by atoms with Crippen molar-refractivity contribution in [3.63, 3.8) is 0 Å². The Hall–Kier alpha value is -0.0800. The van der Waals surface area contributed by atoms with Crippen molar-refractivity contribution in [1.82, 2.24) is 5.32 Å². The standard InChI is InChI=1S/C11H25NO/c1-6-10(9(3)4)12-8-11(5,13)7-2/h9-10,12-13H,6-8H2,1-5H3. The van der Waals surface area contributed by atoms with Crippen LogP contribution in [0.15, 0.2) is 0 Å². The molecular formula is C11H25NO. The average Bonchev–Trinajstić information content (AvgIpc) is 2.05. The Morgan fingerprint density at radius 2 is 1.85 bits per heavy atom. The fourth-order valence-electron chi connectivity index (χ4n) is 1.33. The maximum Gasteiger partial charge on any atom is 0.0741 e. The zero-order valence-corrected chi connectivity index (χ0v) is 9.72. The second-order valence-electron chi connectivity index (χ2n) is 4.49. The van der Waals surface area contributed by atoms with Crippen LogP contribution in [0.25, 0.3) is 0 Å². The molecule has 0 bridgehead atoms. The molecule has 0 aliphatic rings. The lowest BCUT2D eigenvalue weighted by molar-refractivity contribution is 0.0509. The molecule has 80 valence electrons. The summed E-state index contributed by atoms with van der Waals surface area (Å²) in [6, 6.07) is 0.526. The smallest absolute Gasteiger partial charge is 0.0741 e. The number of nitrogens with one attached hydrogen (secondary N) is 1. The SMILES string of the molecule is CCC(NCC(C)(O)CC)C(C)C. The lowest BCUT2D eigenvalue weighted by Crippen LogP contribution is -2.43. The minimum Gasteiger partial charge on any atom is -0.389 e. The van der Waals surface area contributed by atoms with Crippen molar-refractivity contribution in [2.75, 3.05) is 6.54 Å². The normalized spacial score (nSPS) is 18.7. The number of aliphatic hydroxyl groups is 1. The molecule has 0 fully saturated rings. The Bertz CT molecular complexity index is 132. The van der Waals surface area contributed by atoms with E-state index in [4.69, 9.17) is 0 Å². The first-order valence-corrected chi connectivity index (χ1v) is 5.38. The number of rotatable bonds is 6. The van der Waals surface area contributed by atoms with Gasteiger partial charge < -0.3 is 10.4 Å². The van der Waals surface area contributed by atoms with Crippen molar-refractivity contribution in [2.24, 2.45) is 5.92 Å². The van der Waals surface area contributed by atoms with E-state index in [0.29, 0.717) is 18.5 Å². The maximum absolute atomic E-state index is 9.79. The van der Waals surface area contributed by atoms with Crippen LogP contribution < -0.4 is 5.32 Å². The Morgan fingerprint density at radius 1 is 1.31 bits per heavy atom. The molecule has 2 N–H and O–H groups in total. The van der Waals surface area contributed by atoms with E-state index >= 15 is 0 Å². The summed E-state index contributed by atoms with van der Waals surface area (Å²) in [5, 5.41) is 13.2. The van der Waals surface area contributed by atoms with Crippen LogP contribution in [0.4, 0.5) is 0 Å². The number of hydrogen-bond donors (Lipinski definition) is 2. The second-order valence-corrected chi connectivity index (χ2v) is 4.49. The van der Waals surface area contributed by atoms with Crippen LogP contribution >= 0.6 is 0 Å². The van der Waals surface area contributed by atoms with Crippen LogP contribution in [-0.4, -0.2) is 23.3 Å². The van der Waals surface area contributed by atoms with Gasteiger partial charge in [0, 0.05) is 12.6 Å². The van der Waals surface area contributed by atoms with E-state index < -0.39 is 5.60 Å². The van der Waals surface area contributed by atoms with Gasteiger partial charge in [-0.05, 0) is 25.7 Å². The zero-order chi connectivity index (χ0) is 10.5. The molecule has 0 aromatic heterocycles. The maximum atomic E-state index is 9.79. The molecule has 0 radical (unpaired) electrons. The highest BCUT2D eigenvalue weighted by atomic mass is 16.3. The third-order valence-corrected chi connectivity index (χ3v) is 2.75. The van der Waals surface area contributed by atoms with E-state index in [2.05, 4.69) is 26.1 Å². The van der Waals surface area contributed by atoms with Crippen molar-refractivity contribution in [3.8, 4) is 0 Å². The summed E-state index contributed by atoms with van der Waals surface area (Å²) in [4.78, 5) is 0. The average molecular weight is 187 g/mol. The molecule has 0 aliphatic heterocycles. The van der Waals surface area contributed by atoms with E-state index in [1.54, 1.807) is 0 Å². The molecule has 2 nitrogen and oxygen atoms in total. The molecule has 2 unspecified atom stereocenters. The Kier molecular flexibility index (Phi) is 5.57. The molecule has 0 rings (SSSR count). The van der Waals surface area contributed by atoms with Crippen LogP contribution in [-0.2, 0) is 0 Å². The molecule has 13 heavy (non-hydrogen) atoms. The van der Waals surface area contributed by atoms with Crippen molar-refractivity contribution >= 4 is 0 Å². The largest absolute Gasteiger partial charge is 0.389 e. The topological polar surface area (TPSA) is 32.3 Å². The zero-order valence-electron chi connectivity index (χ0n) is 9.72. The molecule has 0 aromatic carbocycles. The summed E-state index contributed by atoms with van der Waals surface area (Å²) in [7, 11) is 0. The second kappa shape index (κ2) is 5.61. The highest BCUT2D eigenvalue weighted by Crippen LogP contribution is 2.10. The van der Waals surface area contributed by atoms with Gasteiger partial charge in [-0.15, -0.1) is 0 Å². The van der Waals surface area contributed by atoms with Gasteiger partial charge in [0.2, 0.25) is 0 Å². The van der Waals surface area contributed by atoms with Gasteiger partial charge >= 0.3 is 0 Å². The van der Waals surface area contributed by atoms with Gasteiger partial charge in [0.05, 0.1) is 5.60 Å². The third-order valence-electron chi connectivity index (χ3n) is 2.75. The first kappa shape index (κ1) is 12.9. The van der Waals surface area contributed by atoms with Gasteiger partial charge in [0.25, 0.3) is 0 Å². The molecule has 2 atom stereocenters. The molecule has 0 heterocycles. The molecule has 0 saturated carbocycles. The summed E-state index contributed by atoms with van der Waals surface area (Å²) >= 11 is 0. The highest BCUT2D eigenvalue weighted by Gasteiger charge is 2.19. The minimum absolute atomic E-state index is 0.526. The Morgan fingerprint density at radius 3 is 2.15 bits per heavy atom. The summed E-state index contributed by atoms with van der Waals surface area (Å²) in [6.07, 6.45) is 1.92. The molecule has 0 aliphatic carbocycles. The lowest BCUT2D eigenvalue weighted by Gasteiger charge is -2.27. The van der Waals surface area contributed by atoms with Crippen molar-refractivity contribution in [2.45, 2.75) is 59.1 Å². The summed E-state index contributed by atoms with van der Waals surface area (Å²) in [6.45, 7) is 11.2. The van der Waals surface area contributed by atoms with Crippen molar-refractivity contribution in [3.05, 3.63) is 0 Å². The van der Waals surface area contributed by atoms with Crippen molar-refractivity contribution < 1.29 is 5.11 Å². The van der Waals surface area contributed by atoms with E-state index in [1.165, 1.54) is 0 Å². The summed E-state index contributed by atoms with van der Waals surface area (Å²) in [5.41, 5.74) is -0.553. The molecular weight excluding hydrogens is 162 g/mol. The fourth-order valence-corrected chi connectivity index (χ4v) is 1.33. The predicted octanol–water partition coefficient (Wildman–Crippen LogP) is 2.17. The van der Waals surface area contributed by atoms with E-state index in [0.717, 1.165) is 12.8 Å². The molecule has 0 spiro atoms. The predicted molar refractivity (Wildman–Crippen MR) is 57.8 cm³/mol. The van der Waals surface area contributed by atoms with Gasteiger partial charge in [0.15, 0.2) is 0 Å². The van der Waals surface area contributed by atoms with E-state index in [-0.39, 0.29) is 0 Å². The fraction of sp³-hybridized carbons (Fsp3) is 1.00. The van der Waals surface area contributed by atoms with Crippen LogP contribution in [0.3, 0.4) is 0 Å². The third kappa shape index (κ3) is 5.27. The lowest BCUT2D eigenvalue weighted by atomic mass is 9.99. The van der Waals surface area contributed by atoms with Crippen molar-refractivity contribution in [1.29, 1.82) is 0 Å². The van der Waals surface area contributed by atoms with Gasteiger partial charge in [0.1, 0.15) is 0 Å². The van der Waals surface area contributed by atoms with Crippen LogP contribution in [0.5, 0.6) is 0 Å². The quantitative estimate of drug-likeness (QED) is 0.668. The number of hydrogen-bond acceptors (Lipinski definition) is 2. The highest BCUT2D eigenvalue weighted by molar-refractivity contribution is 4.77. The first-order valence-electron chi connectivity index (χ1n) is 5.38. The Balaban J connectivity index is 3.85. The van der Waals surface area contributed by atoms with Gasteiger partial charge in [-0.2, -0.15) is 0 Å². The van der Waals surface area contributed by atoms with Gasteiger partial charge in [-0.3, -0.25) is 0 Å². The molecule has 0 amide bonds. The van der Waals surface area contributed by atoms with Gasteiger partial charge in [-0.25, -0.2) is 0 Å². The minimum atomic E-state index is -0.553. The van der Waals surface area contributed by atoms with Crippen LogP contribution in [0.2, 0.25) is 0 Å². The first-order chi connectivity index (χ1) is 5.93.